The summed E-state index contributed by atoms with van der Waals surface area (Å²) >= 11 is 1.58. The quantitative estimate of drug-likeness (QED) is 0.679. The molecule has 6 heteroatoms. The molecule has 0 saturated heterocycles. The fourth-order valence-corrected chi connectivity index (χ4v) is 3.46. The first-order chi connectivity index (χ1) is 13.0. The third kappa shape index (κ3) is 5.24. The van der Waals surface area contributed by atoms with Crippen LogP contribution in [-0.4, -0.2) is 23.3 Å². The van der Waals surface area contributed by atoms with Crippen molar-refractivity contribution in [3.63, 3.8) is 0 Å². The number of aromatic nitrogens is 1. The maximum Gasteiger partial charge on any atom is 0.251 e. The van der Waals surface area contributed by atoms with Gasteiger partial charge in [0.1, 0.15) is 0 Å². The summed E-state index contributed by atoms with van der Waals surface area (Å²) < 4.78 is 0. The molecule has 0 atom stereocenters. The highest BCUT2D eigenvalue weighted by atomic mass is 32.1. The molecule has 0 unspecified atom stereocenters. The Morgan fingerprint density at radius 1 is 1.11 bits per heavy atom. The maximum absolute atomic E-state index is 12.2. The SMILES string of the molecule is CC(=O)Nc1ccc(-c2csc(CCNC(=O)c3cccc(C)c3)n2)cc1. The molecule has 2 aromatic carbocycles. The van der Waals surface area contributed by atoms with Gasteiger partial charge in [0.25, 0.3) is 5.91 Å². The van der Waals surface area contributed by atoms with Crippen molar-refractivity contribution in [2.24, 2.45) is 0 Å². The minimum atomic E-state index is -0.0913. The molecule has 0 aliphatic carbocycles. The molecule has 0 saturated carbocycles. The van der Waals surface area contributed by atoms with Crippen LogP contribution in [0.1, 0.15) is 27.9 Å². The molecule has 0 spiro atoms. The number of anilines is 1. The van der Waals surface area contributed by atoms with Crippen molar-refractivity contribution in [3.8, 4) is 11.3 Å². The zero-order valence-corrected chi connectivity index (χ0v) is 16.1. The van der Waals surface area contributed by atoms with Gasteiger partial charge >= 0.3 is 0 Å². The van der Waals surface area contributed by atoms with E-state index in [0.29, 0.717) is 18.5 Å². The van der Waals surface area contributed by atoms with Crippen molar-refractivity contribution in [1.29, 1.82) is 0 Å². The molecule has 27 heavy (non-hydrogen) atoms. The molecule has 2 amide bonds. The average molecular weight is 379 g/mol. The van der Waals surface area contributed by atoms with Gasteiger partial charge in [-0.1, -0.05) is 29.8 Å². The van der Waals surface area contributed by atoms with Gasteiger partial charge in [-0.2, -0.15) is 0 Å². The third-order valence-electron chi connectivity index (χ3n) is 3.96. The van der Waals surface area contributed by atoms with E-state index in [1.807, 2.05) is 60.8 Å². The van der Waals surface area contributed by atoms with Gasteiger partial charge in [0, 0.05) is 42.1 Å². The Hall–Kier alpha value is -2.99. The summed E-state index contributed by atoms with van der Waals surface area (Å²) in [6.07, 6.45) is 0.687. The first-order valence-corrected chi connectivity index (χ1v) is 9.56. The fraction of sp³-hybridized carbons (Fsp3) is 0.190. The monoisotopic (exact) mass is 379 g/mol. The second kappa shape index (κ2) is 8.60. The van der Waals surface area contributed by atoms with Crippen LogP contribution in [0.25, 0.3) is 11.3 Å². The Bertz CT molecular complexity index is 948. The number of rotatable bonds is 6. The van der Waals surface area contributed by atoms with E-state index in [4.69, 9.17) is 0 Å². The number of hydrogen-bond acceptors (Lipinski definition) is 4. The standard InChI is InChI=1S/C21H21N3O2S/c1-14-4-3-5-17(12-14)21(26)22-11-10-20-24-19(13-27-20)16-6-8-18(9-7-16)23-15(2)25/h3-9,12-13H,10-11H2,1-2H3,(H,22,26)(H,23,25). The van der Waals surface area contributed by atoms with Crippen LogP contribution in [0, 0.1) is 6.92 Å². The molecular formula is C21H21N3O2S. The van der Waals surface area contributed by atoms with Crippen LogP contribution >= 0.6 is 11.3 Å². The van der Waals surface area contributed by atoms with Gasteiger partial charge in [-0.3, -0.25) is 9.59 Å². The van der Waals surface area contributed by atoms with E-state index in [1.54, 1.807) is 11.3 Å². The molecule has 0 aliphatic rings. The molecule has 1 aromatic heterocycles. The van der Waals surface area contributed by atoms with Crippen molar-refractivity contribution in [1.82, 2.24) is 10.3 Å². The highest BCUT2D eigenvalue weighted by molar-refractivity contribution is 7.09. The Kier molecular flexibility index (Phi) is 5.98. The number of benzene rings is 2. The Balaban J connectivity index is 1.55. The molecule has 0 fully saturated rings. The van der Waals surface area contributed by atoms with Crippen LogP contribution in [0.15, 0.2) is 53.9 Å². The van der Waals surface area contributed by atoms with Gasteiger partial charge in [-0.15, -0.1) is 11.3 Å². The highest BCUT2D eigenvalue weighted by Crippen LogP contribution is 2.23. The minimum absolute atomic E-state index is 0.0657. The summed E-state index contributed by atoms with van der Waals surface area (Å²) in [6.45, 7) is 4.00. The molecular weight excluding hydrogens is 358 g/mol. The molecule has 0 radical (unpaired) electrons. The average Bonchev–Trinajstić information content (AvgIpc) is 3.10. The lowest BCUT2D eigenvalue weighted by Crippen LogP contribution is -2.25. The van der Waals surface area contributed by atoms with E-state index in [0.717, 1.165) is 27.5 Å². The number of aryl methyl sites for hydroxylation is 1. The third-order valence-corrected chi connectivity index (χ3v) is 4.87. The van der Waals surface area contributed by atoms with E-state index in [9.17, 15) is 9.59 Å². The topological polar surface area (TPSA) is 71.1 Å². The van der Waals surface area contributed by atoms with Crippen molar-refractivity contribution in [2.45, 2.75) is 20.3 Å². The number of carbonyl (C=O) groups excluding carboxylic acids is 2. The van der Waals surface area contributed by atoms with Crippen LogP contribution in [-0.2, 0) is 11.2 Å². The van der Waals surface area contributed by atoms with E-state index in [1.165, 1.54) is 6.92 Å². The van der Waals surface area contributed by atoms with Gasteiger partial charge in [0.2, 0.25) is 5.91 Å². The fourth-order valence-electron chi connectivity index (χ4n) is 2.66. The normalized spacial score (nSPS) is 10.4. The number of thiazole rings is 1. The number of amides is 2. The smallest absolute Gasteiger partial charge is 0.251 e. The first-order valence-electron chi connectivity index (χ1n) is 8.68. The first kappa shape index (κ1) is 18.8. The highest BCUT2D eigenvalue weighted by Gasteiger charge is 2.08. The van der Waals surface area contributed by atoms with Gasteiger partial charge in [0.05, 0.1) is 10.7 Å². The van der Waals surface area contributed by atoms with E-state index >= 15 is 0 Å². The lowest BCUT2D eigenvalue weighted by molar-refractivity contribution is -0.114. The van der Waals surface area contributed by atoms with Crippen LogP contribution in [0.5, 0.6) is 0 Å². The number of nitrogens with zero attached hydrogens (tertiary/aromatic N) is 1. The van der Waals surface area contributed by atoms with Crippen LogP contribution in [0.4, 0.5) is 5.69 Å². The number of carbonyl (C=O) groups is 2. The van der Waals surface area contributed by atoms with Gasteiger partial charge in [0.15, 0.2) is 0 Å². The largest absolute Gasteiger partial charge is 0.352 e. The van der Waals surface area contributed by atoms with Crippen molar-refractivity contribution in [2.75, 3.05) is 11.9 Å². The van der Waals surface area contributed by atoms with Crippen LogP contribution in [0.2, 0.25) is 0 Å². The summed E-state index contributed by atoms with van der Waals surface area (Å²) in [5.41, 5.74) is 4.40. The zero-order valence-electron chi connectivity index (χ0n) is 15.3. The van der Waals surface area contributed by atoms with Gasteiger partial charge in [-0.25, -0.2) is 4.98 Å². The Morgan fingerprint density at radius 2 is 1.89 bits per heavy atom. The summed E-state index contributed by atoms with van der Waals surface area (Å²) in [7, 11) is 0. The second-order valence-electron chi connectivity index (χ2n) is 6.26. The van der Waals surface area contributed by atoms with Crippen molar-refractivity contribution in [3.05, 3.63) is 70.0 Å². The predicted molar refractivity (Wildman–Crippen MR) is 109 cm³/mol. The van der Waals surface area contributed by atoms with Gasteiger partial charge < -0.3 is 10.6 Å². The molecule has 0 bridgehead atoms. The Labute approximate surface area is 162 Å². The molecule has 2 N–H and O–H groups in total. The molecule has 5 nitrogen and oxygen atoms in total. The zero-order chi connectivity index (χ0) is 19.2. The number of nitrogens with one attached hydrogen (secondary N) is 2. The van der Waals surface area contributed by atoms with E-state index in [-0.39, 0.29) is 11.8 Å². The number of hydrogen-bond donors (Lipinski definition) is 2. The van der Waals surface area contributed by atoms with Crippen LogP contribution < -0.4 is 10.6 Å². The summed E-state index contributed by atoms with van der Waals surface area (Å²) in [4.78, 5) is 27.9. The summed E-state index contributed by atoms with van der Waals surface area (Å²) in [5.74, 6) is -0.157. The summed E-state index contributed by atoms with van der Waals surface area (Å²) in [5, 5.41) is 8.66. The molecule has 0 aliphatic heterocycles. The van der Waals surface area contributed by atoms with Crippen molar-refractivity contribution >= 4 is 28.8 Å². The van der Waals surface area contributed by atoms with Gasteiger partial charge in [-0.05, 0) is 31.2 Å². The lowest BCUT2D eigenvalue weighted by atomic mass is 10.1. The second-order valence-corrected chi connectivity index (χ2v) is 7.20. The summed E-state index contributed by atoms with van der Waals surface area (Å²) in [6, 6.07) is 15.1. The lowest BCUT2D eigenvalue weighted by Gasteiger charge is -2.05. The molecule has 3 rings (SSSR count). The molecule has 3 aromatic rings. The Morgan fingerprint density at radius 3 is 2.59 bits per heavy atom. The minimum Gasteiger partial charge on any atom is -0.352 e. The van der Waals surface area contributed by atoms with E-state index < -0.39 is 0 Å². The van der Waals surface area contributed by atoms with E-state index in [2.05, 4.69) is 15.6 Å². The molecule has 138 valence electrons. The molecule has 1 heterocycles. The predicted octanol–water partition coefficient (Wildman–Crippen LogP) is 4.05. The van der Waals surface area contributed by atoms with Crippen molar-refractivity contribution < 1.29 is 9.59 Å². The maximum atomic E-state index is 12.2. The van der Waals surface area contributed by atoms with Crippen LogP contribution in [0.3, 0.4) is 0 Å².